The van der Waals surface area contributed by atoms with E-state index < -0.39 is 11.7 Å². The summed E-state index contributed by atoms with van der Waals surface area (Å²) in [4.78, 5) is 11.8. The molecule has 98 valence electrons. The molecule has 5 nitrogen and oxygen atoms in total. The number of hydrogen-bond acceptors (Lipinski definition) is 4. The van der Waals surface area contributed by atoms with Crippen molar-refractivity contribution in [1.29, 1.82) is 0 Å². The lowest BCUT2D eigenvalue weighted by Gasteiger charge is -2.06. The predicted molar refractivity (Wildman–Crippen MR) is 67.9 cm³/mol. The van der Waals surface area contributed by atoms with Gasteiger partial charge in [0.05, 0.1) is 12.7 Å². The Kier molecular flexibility index (Phi) is 3.91. The molecule has 1 heterocycles. The molecular weight excluding hydrogens is 273 g/mol. The highest BCUT2D eigenvalue weighted by Crippen LogP contribution is 2.17. The van der Waals surface area contributed by atoms with Crippen LogP contribution in [0.3, 0.4) is 0 Å². The van der Waals surface area contributed by atoms with E-state index in [1.807, 2.05) is 0 Å². The first kappa shape index (κ1) is 13.2. The monoisotopic (exact) mass is 281 g/mol. The summed E-state index contributed by atoms with van der Waals surface area (Å²) in [5.41, 5.74) is -0.113. The normalized spacial score (nSPS) is 10.1. The number of benzene rings is 1. The highest BCUT2D eigenvalue weighted by molar-refractivity contribution is 6.29. The van der Waals surface area contributed by atoms with Gasteiger partial charge in [-0.3, -0.25) is 4.79 Å². The number of rotatable bonds is 3. The van der Waals surface area contributed by atoms with Gasteiger partial charge in [0.1, 0.15) is 11.6 Å². The number of anilines is 1. The SMILES string of the molecule is COc1ccc(C(=O)Nc2ccc(Cl)nn2)c(F)c1. The third kappa shape index (κ3) is 3.17. The summed E-state index contributed by atoms with van der Waals surface area (Å²) in [7, 11) is 1.41. The first-order chi connectivity index (χ1) is 9.10. The summed E-state index contributed by atoms with van der Waals surface area (Å²) in [5, 5.41) is 9.82. The molecular formula is C12H9ClFN3O2. The van der Waals surface area contributed by atoms with Gasteiger partial charge in [0, 0.05) is 6.07 Å². The van der Waals surface area contributed by atoms with E-state index in [1.54, 1.807) is 0 Å². The average Bonchev–Trinajstić information content (AvgIpc) is 2.41. The van der Waals surface area contributed by atoms with Crippen molar-refractivity contribution in [2.24, 2.45) is 0 Å². The van der Waals surface area contributed by atoms with Crippen molar-refractivity contribution < 1.29 is 13.9 Å². The number of aromatic nitrogens is 2. The van der Waals surface area contributed by atoms with Crippen molar-refractivity contribution in [3.05, 3.63) is 46.9 Å². The molecule has 0 aliphatic heterocycles. The van der Waals surface area contributed by atoms with E-state index in [-0.39, 0.29) is 16.5 Å². The van der Waals surface area contributed by atoms with Gasteiger partial charge < -0.3 is 10.1 Å². The van der Waals surface area contributed by atoms with Gasteiger partial charge in [-0.15, -0.1) is 10.2 Å². The molecule has 19 heavy (non-hydrogen) atoms. The number of nitrogens with zero attached hydrogens (tertiary/aromatic N) is 2. The van der Waals surface area contributed by atoms with E-state index in [0.717, 1.165) is 6.07 Å². The highest BCUT2D eigenvalue weighted by Gasteiger charge is 2.13. The van der Waals surface area contributed by atoms with Crippen molar-refractivity contribution in [2.45, 2.75) is 0 Å². The fraction of sp³-hybridized carbons (Fsp3) is 0.0833. The van der Waals surface area contributed by atoms with Crippen LogP contribution in [-0.4, -0.2) is 23.2 Å². The number of methoxy groups -OCH3 is 1. The van der Waals surface area contributed by atoms with Gasteiger partial charge in [-0.25, -0.2) is 4.39 Å². The molecule has 0 atom stereocenters. The van der Waals surface area contributed by atoms with E-state index >= 15 is 0 Å². The van der Waals surface area contributed by atoms with E-state index in [1.165, 1.54) is 31.4 Å². The van der Waals surface area contributed by atoms with E-state index in [9.17, 15) is 9.18 Å². The minimum Gasteiger partial charge on any atom is -0.497 e. The summed E-state index contributed by atoms with van der Waals surface area (Å²) in [6, 6.07) is 6.88. The van der Waals surface area contributed by atoms with Crippen LogP contribution < -0.4 is 10.1 Å². The van der Waals surface area contributed by atoms with Crippen molar-refractivity contribution in [3.63, 3.8) is 0 Å². The van der Waals surface area contributed by atoms with Crippen LogP contribution in [0.4, 0.5) is 10.2 Å². The van der Waals surface area contributed by atoms with Crippen LogP contribution in [0.25, 0.3) is 0 Å². The Balaban J connectivity index is 2.18. The molecule has 2 aromatic rings. The molecule has 1 aromatic carbocycles. The van der Waals surface area contributed by atoms with Crippen LogP contribution in [0, 0.1) is 5.82 Å². The molecule has 7 heteroatoms. The quantitative estimate of drug-likeness (QED) is 0.939. The largest absolute Gasteiger partial charge is 0.497 e. The maximum atomic E-state index is 13.7. The maximum absolute atomic E-state index is 13.7. The summed E-state index contributed by atoms with van der Waals surface area (Å²) in [6.07, 6.45) is 0. The van der Waals surface area contributed by atoms with E-state index in [0.29, 0.717) is 5.75 Å². The van der Waals surface area contributed by atoms with Crippen molar-refractivity contribution in [1.82, 2.24) is 10.2 Å². The van der Waals surface area contributed by atoms with Crippen LogP contribution in [0.5, 0.6) is 5.75 Å². The molecule has 0 saturated carbocycles. The van der Waals surface area contributed by atoms with Gasteiger partial charge in [-0.1, -0.05) is 11.6 Å². The number of nitrogens with one attached hydrogen (secondary N) is 1. The Morgan fingerprint density at radius 1 is 1.32 bits per heavy atom. The van der Waals surface area contributed by atoms with Gasteiger partial charge in [0.15, 0.2) is 11.0 Å². The molecule has 0 spiro atoms. The number of carbonyl (C=O) groups excluding carboxylic acids is 1. The lowest BCUT2D eigenvalue weighted by Crippen LogP contribution is -2.15. The van der Waals surface area contributed by atoms with Crippen molar-refractivity contribution in [3.8, 4) is 5.75 Å². The standard InChI is InChI=1S/C12H9ClFN3O2/c1-19-7-2-3-8(9(14)6-7)12(18)15-11-5-4-10(13)16-17-11/h2-6H,1H3,(H,15,17,18). The van der Waals surface area contributed by atoms with Crippen LogP contribution in [0.2, 0.25) is 5.15 Å². The second-order valence-electron chi connectivity index (χ2n) is 3.54. The Morgan fingerprint density at radius 3 is 2.68 bits per heavy atom. The van der Waals surface area contributed by atoms with Gasteiger partial charge in [-0.2, -0.15) is 0 Å². The molecule has 0 bridgehead atoms. The molecule has 2 rings (SSSR count). The summed E-state index contributed by atoms with van der Waals surface area (Å²) in [5.74, 6) is -0.791. The Morgan fingerprint density at radius 2 is 2.11 bits per heavy atom. The van der Waals surface area contributed by atoms with E-state index in [4.69, 9.17) is 16.3 Å². The molecule has 1 amide bonds. The van der Waals surface area contributed by atoms with Gasteiger partial charge >= 0.3 is 0 Å². The van der Waals surface area contributed by atoms with Gasteiger partial charge in [0.25, 0.3) is 5.91 Å². The Labute approximate surface area is 113 Å². The third-order valence-corrected chi connectivity index (χ3v) is 2.50. The zero-order valence-electron chi connectivity index (χ0n) is 9.85. The predicted octanol–water partition coefficient (Wildman–Crippen LogP) is 2.53. The van der Waals surface area contributed by atoms with Gasteiger partial charge in [0.2, 0.25) is 0 Å². The van der Waals surface area contributed by atoms with Crippen LogP contribution in [0.15, 0.2) is 30.3 Å². The molecule has 0 fully saturated rings. The van der Waals surface area contributed by atoms with Gasteiger partial charge in [-0.05, 0) is 24.3 Å². The molecule has 0 unspecified atom stereocenters. The molecule has 0 radical (unpaired) electrons. The fourth-order valence-corrected chi connectivity index (χ4v) is 1.47. The molecule has 1 N–H and O–H groups in total. The second kappa shape index (κ2) is 5.62. The lowest BCUT2D eigenvalue weighted by atomic mass is 10.2. The Bertz CT molecular complexity index is 604. The first-order valence-electron chi connectivity index (χ1n) is 5.24. The average molecular weight is 282 g/mol. The smallest absolute Gasteiger partial charge is 0.259 e. The first-order valence-corrected chi connectivity index (χ1v) is 5.62. The fourth-order valence-electron chi connectivity index (χ4n) is 1.37. The molecule has 0 aliphatic carbocycles. The van der Waals surface area contributed by atoms with E-state index in [2.05, 4.69) is 15.5 Å². The number of ether oxygens (including phenoxy) is 1. The number of hydrogen-bond donors (Lipinski definition) is 1. The molecule has 0 saturated heterocycles. The van der Waals surface area contributed by atoms with Crippen LogP contribution >= 0.6 is 11.6 Å². The summed E-state index contributed by atoms with van der Waals surface area (Å²) in [6.45, 7) is 0. The lowest BCUT2D eigenvalue weighted by molar-refractivity contribution is 0.102. The molecule has 0 aliphatic rings. The van der Waals surface area contributed by atoms with Crippen molar-refractivity contribution >= 4 is 23.3 Å². The Hall–Kier alpha value is -2.21. The zero-order valence-corrected chi connectivity index (χ0v) is 10.6. The number of amides is 1. The summed E-state index contributed by atoms with van der Waals surface area (Å²) >= 11 is 5.56. The maximum Gasteiger partial charge on any atom is 0.259 e. The minimum atomic E-state index is -0.682. The topological polar surface area (TPSA) is 64.1 Å². The highest BCUT2D eigenvalue weighted by atomic mass is 35.5. The summed E-state index contributed by atoms with van der Waals surface area (Å²) < 4.78 is 18.5. The minimum absolute atomic E-state index is 0.113. The second-order valence-corrected chi connectivity index (χ2v) is 3.93. The van der Waals surface area contributed by atoms with Crippen LogP contribution in [-0.2, 0) is 0 Å². The van der Waals surface area contributed by atoms with Crippen molar-refractivity contribution in [2.75, 3.05) is 12.4 Å². The van der Waals surface area contributed by atoms with Crippen LogP contribution in [0.1, 0.15) is 10.4 Å². The zero-order chi connectivity index (χ0) is 13.8. The third-order valence-electron chi connectivity index (χ3n) is 2.29. The molecule has 1 aromatic heterocycles. The number of carbonyl (C=O) groups is 1. The number of halogens is 2.